The summed E-state index contributed by atoms with van der Waals surface area (Å²) in [4.78, 5) is 12.2. The molecule has 3 heteroatoms. The Bertz CT molecular complexity index is 617. The molecule has 0 heterocycles. The van der Waals surface area contributed by atoms with Crippen molar-refractivity contribution in [2.75, 3.05) is 7.11 Å². The molecule has 2 aromatic carbocycles. The van der Waals surface area contributed by atoms with Crippen LogP contribution in [0.25, 0.3) is 0 Å². The lowest BCUT2D eigenvalue weighted by molar-refractivity contribution is 0.0733. The predicted molar refractivity (Wildman–Crippen MR) is 78.0 cm³/mol. The Kier molecular flexibility index (Phi) is 4.53. The van der Waals surface area contributed by atoms with Crippen molar-refractivity contribution in [3.05, 3.63) is 64.7 Å². The molecule has 2 rings (SSSR count). The largest absolute Gasteiger partial charge is 0.423 e. The molecule has 0 spiro atoms. The summed E-state index contributed by atoms with van der Waals surface area (Å²) < 4.78 is 10.5. The minimum absolute atomic E-state index is 0.350. The van der Waals surface area contributed by atoms with Gasteiger partial charge in [0.15, 0.2) is 0 Å². The maximum Gasteiger partial charge on any atom is 0.343 e. The Morgan fingerprint density at radius 3 is 2.65 bits per heavy atom. The molecular weight excluding hydrogens is 252 g/mol. The quantitative estimate of drug-likeness (QED) is 0.628. The van der Waals surface area contributed by atoms with Gasteiger partial charge in [-0.25, -0.2) is 4.79 Å². The van der Waals surface area contributed by atoms with E-state index in [1.165, 1.54) is 0 Å². The fourth-order valence-corrected chi connectivity index (χ4v) is 1.93. The molecule has 0 aliphatic heterocycles. The van der Waals surface area contributed by atoms with Crippen molar-refractivity contribution in [2.45, 2.75) is 20.5 Å². The van der Waals surface area contributed by atoms with Crippen molar-refractivity contribution >= 4 is 5.97 Å². The predicted octanol–water partition coefficient (Wildman–Crippen LogP) is 3.67. The van der Waals surface area contributed by atoms with E-state index in [1.807, 2.05) is 44.2 Å². The van der Waals surface area contributed by atoms with Gasteiger partial charge in [0.1, 0.15) is 5.75 Å². The van der Waals surface area contributed by atoms with E-state index >= 15 is 0 Å². The molecule has 0 radical (unpaired) electrons. The molecule has 20 heavy (non-hydrogen) atoms. The van der Waals surface area contributed by atoms with Gasteiger partial charge in [0.05, 0.1) is 12.2 Å². The minimum Gasteiger partial charge on any atom is -0.423 e. The van der Waals surface area contributed by atoms with E-state index in [0.717, 1.165) is 16.7 Å². The van der Waals surface area contributed by atoms with Crippen molar-refractivity contribution in [3.8, 4) is 5.75 Å². The molecule has 0 fully saturated rings. The van der Waals surface area contributed by atoms with Gasteiger partial charge in [-0.3, -0.25) is 0 Å². The third kappa shape index (κ3) is 3.45. The second-order valence-corrected chi connectivity index (χ2v) is 4.79. The van der Waals surface area contributed by atoms with Gasteiger partial charge in [-0.15, -0.1) is 0 Å². The van der Waals surface area contributed by atoms with E-state index in [2.05, 4.69) is 0 Å². The molecule has 0 amide bonds. The van der Waals surface area contributed by atoms with Crippen LogP contribution in [0.1, 0.15) is 27.0 Å². The Morgan fingerprint density at radius 1 is 1.10 bits per heavy atom. The topological polar surface area (TPSA) is 35.5 Å². The monoisotopic (exact) mass is 270 g/mol. The standard InChI is InChI=1S/C17H18O3/c1-12-7-8-13(2)16(9-12)20-17(18)15-6-4-5-14(10-15)11-19-3/h4-10H,11H2,1-3H3. The molecule has 0 unspecified atom stereocenters. The summed E-state index contributed by atoms with van der Waals surface area (Å²) >= 11 is 0. The number of aryl methyl sites for hydroxylation is 2. The van der Waals surface area contributed by atoms with E-state index in [0.29, 0.717) is 17.9 Å². The highest BCUT2D eigenvalue weighted by Gasteiger charge is 2.11. The molecule has 0 aromatic heterocycles. The van der Waals surface area contributed by atoms with Gasteiger partial charge in [-0.2, -0.15) is 0 Å². The van der Waals surface area contributed by atoms with Crippen molar-refractivity contribution in [3.63, 3.8) is 0 Å². The van der Waals surface area contributed by atoms with Gasteiger partial charge in [0.2, 0.25) is 0 Å². The molecular formula is C17H18O3. The summed E-state index contributed by atoms with van der Waals surface area (Å²) in [6.07, 6.45) is 0. The zero-order valence-electron chi connectivity index (χ0n) is 12.0. The van der Waals surface area contributed by atoms with Gasteiger partial charge < -0.3 is 9.47 Å². The third-order valence-corrected chi connectivity index (χ3v) is 3.02. The van der Waals surface area contributed by atoms with Crippen molar-refractivity contribution < 1.29 is 14.3 Å². The normalized spacial score (nSPS) is 10.3. The zero-order chi connectivity index (χ0) is 14.5. The zero-order valence-corrected chi connectivity index (χ0v) is 12.0. The average Bonchev–Trinajstić information content (AvgIpc) is 2.43. The number of ether oxygens (including phenoxy) is 2. The van der Waals surface area contributed by atoms with Crippen molar-refractivity contribution in [1.29, 1.82) is 0 Å². The molecule has 0 N–H and O–H groups in total. The number of benzene rings is 2. The maximum atomic E-state index is 12.2. The third-order valence-electron chi connectivity index (χ3n) is 3.02. The summed E-state index contributed by atoms with van der Waals surface area (Å²) in [7, 11) is 1.63. The van der Waals surface area contributed by atoms with Crippen LogP contribution in [0, 0.1) is 13.8 Å². The van der Waals surface area contributed by atoms with Crippen LogP contribution >= 0.6 is 0 Å². The van der Waals surface area contributed by atoms with Crippen LogP contribution < -0.4 is 4.74 Å². The first-order valence-corrected chi connectivity index (χ1v) is 6.47. The maximum absolute atomic E-state index is 12.2. The molecule has 3 nitrogen and oxygen atoms in total. The summed E-state index contributed by atoms with van der Waals surface area (Å²) in [6, 6.07) is 13.1. The second-order valence-electron chi connectivity index (χ2n) is 4.79. The highest BCUT2D eigenvalue weighted by molar-refractivity contribution is 5.91. The number of hydrogen-bond donors (Lipinski definition) is 0. The molecule has 104 valence electrons. The second kappa shape index (κ2) is 6.35. The first-order valence-electron chi connectivity index (χ1n) is 6.47. The summed E-state index contributed by atoms with van der Waals surface area (Å²) in [5.41, 5.74) is 3.48. The van der Waals surface area contributed by atoms with Gasteiger partial charge in [0, 0.05) is 7.11 Å². The molecule has 0 saturated heterocycles. The molecule has 0 aliphatic rings. The van der Waals surface area contributed by atoms with Crippen LogP contribution in [0.15, 0.2) is 42.5 Å². The van der Waals surface area contributed by atoms with Gasteiger partial charge >= 0.3 is 5.97 Å². The molecule has 0 saturated carbocycles. The highest BCUT2D eigenvalue weighted by atomic mass is 16.5. The SMILES string of the molecule is COCc1cccc(C(=O)Oc2cc(C)ccc2C)c1. The Hall–Kier alpha value is -2.13. The lowest BCUT2D eigenvalue weighted by Gasteiger charge is -2.09. The fourth-order valence-electron chi connectivity index (χ4n) is 1.93. The fraction of sp³-hybridized carbons (Fsp3) is 0.235. The highest BCUT2D eigenvalue weighted by Crippen LogP contribution is 2.20. The van der Waals surface area contributed by atoms with Crippen LogP contribution in [0.4, 0.5) is 0 Å². The number of carbonyl (C=O) groups excluding carboxylic acids is 1. The minimum atomic E-state index is -0.350. The average molecular weight is 270 g/mol. The number of methoxy groups -OCH3 is 1. The number of esters is 1. The Morgan fingerprint density at radius 2 is 1.90 bits per heavy atom. The number of carbonyl (C=O) groups is 1. The van der Waals surface area contributed by atoms with Crippen molar-refractivity contribution in [2.24, 2.45) is 0 Å². The first-order chi connectivity index (χ1) is 9.60. The van der Waals surface area contributed by atoms with Gasteiger partial charge in [-0.1, -0.05) is 24.3 Å². The Labute approximate surface area is 119 Å². The van der Waals surface area contributed by atoms with Crippen LogP contribution in [0.2, 0.25) is 0 Å². The lowest BCUT2D eigenvalue weighted by Crippen LogP contribution is -2.10. The van der Waals surface area contributed by atoms with E-state index in [9.17, 15) is 4.79 Å². The lowest BCUT2D eigenvalue weighted by atomic mass is 10.1. The van der Waals surface area contributed by atoms with Crippen LogP contribution in [0.5, 0.6) is 5.75 Å². The Balaban J connectivity index is 2.19. The van der Waals surface area contributed by atoms with Crippen LogP contribution in [-0.2, 0) is 11.3 Å². The molecule has 2 aromatic rings. The molecule has 0 bridgehead atoms. The molecule has 0 aliphatic carbocycles. The van der Waals surface area contributed by atoms with Crippen LogP contribution in [-0.4, -0.2) is 13.1 Å². The summed E-state index contributed by atoms with van der Waals surface area (Å²) in [5, 5.41) is 0. The summed E-state index contributed by atoms with van der Waals surface area (Å²) in [5.74, 6) is 0.254. The number of rotatable bonds is 4. The smallest absolute Gasteiger partial charge is 0.343 e. The molecule has 0 atom stereocenters. The summed E-state index contributed by atoms with van der Waals surface area (Å²) in [6.45, 7) is 4.37. The van der Waals surface area contributed by atoms with Crippen LogP contribution in [0.3, 0.4) is 0 Å². The van der Waals surface area contributed by atoms with E-state index in [-0.39, 0.29) is 5.97 Å². The first kappa shape index (κ1) is 14.3. The van der Waals surface area contributed by atoms with Gasteiger partial charge in [-0.05, 0) is 48.7 Å². The van der Waals surface area contributed by atoms with Gasteiger partial charge in [0.25, 0.3) is 0 Å². The number of hydrogen-bond acceptors (Lipinski definition) is 3. The van der Waals surface area contributed by atoms with E-state index < -0.39 is 0 Å². The van der Waals surface area contributed by atoms with E-state index in [4.69, 9.17) is 9.47 Å². The van der Waals surface area contributed by atoms with Crippen molar-refractivity contribution in [1.82, 2.24) is 0 Å². The van der Waals surface area contributed by atoms with E-state index in [1.54, 1.807) is 19.2 Å².